The lowest BCUT2D eigenvalue weighted by Crippen LogP contribution is -2.45. The standard InChI is InChI=1S/C13H12N2O5/c14-8-9-2-3-11(10(6-9)15(18)19)20-13(4-1-5-13)7-12(16)17/h2-3,6H,1,4-5,7H2,(H,16,17). The first-order valence-electron chi connectivity index (χ1n) is 6.05. The highest BCUT2D eigenvalue weighted by Gasteiger charge is 2.42. The second kappa shape index (κ2) is 5.17. The second-order valence-corrected chi connectivity index (χ2v) is 4.76. The lowest BCUT2D eigenvalue weighted by atomic mass is 9.77. The molecule has 0 saturated heterocycles. The molecular formula is C13H12N2O5. The lowest BCUT2D eigenvalue weighted by molar-refractivity contribution is -0.386. The quantitative estimate of drug-likeness (QED) is 0.651. The Morgan fingerprint density at radius 1 is 1.55 bits per heavy atom. The number of carbonyl (C=O) groups is 1. The molecule has 0 amide bonds. The average molecular weight is 276 g/mol. The number of carboxylic acid groups (broad SMARTS) is 1. The van der Waals surface area contributed by atoms with Crippen LogP contribution in [0.1, 0.15) is 31.2 Å². The highest BCUT2D eigenvalue weighted by Crippen LogP contribution is 2.42. The van der Waals surface area contributed by atoms with E-state index < -0.39 is 16.5 Å². The van der Waals surface area contributed by atoms with E-state index in [0.717, 1.165) is 12.5 Å². The van der Waals surface area contributed by atoms with Crippen molar-refractivity contribution in [2.45, 2.75) is 31.3 Å². The Bertz CT molecular complexity index is 601. The van der Waals surface area contributed by atoms with E-state index in [2.05, 4.69) is 0 Å². The summed E-state index contributed by atoms with van der Waals surface area (Å²) in [6.07, 6.45) is 1.74. The van der Waals surface area contributed by atoms with Crippen LogP contribution < -0.4 is 4.74 Å². The third kappa shape index (κ3) is 2.69. The maximum atomic E-state index is 11.0. The summed E-state index contributed by atoms with van der Waals surface area (Å²) in [5, 5.41) is 28.7. The van der Waals surface area contributed by atoms with Gasteiger partial charge in [0.15, 0.2) is 5.75 Å². The molecule has 20 heavy (non-hydrogen) atoms. The monoisotopic (exact) mass is 276 g/mol. The van der Waals surface area contributed by atoms with E-state index >= 15 is 0 Å². The van der Waals surface area contributed by atoms with E-state index in [0.29, 0.717) is 12.8 Å². The minimum Gasteiger partial charge on any atom is -0.481 e. The molecule has 1 aromatic rings. The number of nitro benzene ring substituents is 1. The van der Waals surface area contributed by atoms with E-state index in [1.165, 1.54) is 12.1 Å². The van der Waals surface area contributed by atoms with Crippen molar-refractivity contribution in [3.05, 3.63) is 33.9 Å². The highest BCUT2D eigenvalue weighted by atomic mass is 16.6. The van der Waals surface area contributed by atoms with Gasteiger partial charge in [-0.15, -0.1) is 0 Å². The summed E-state index contributed by atoms with van der Waals surface area (Å²) in [5.74, 6) is -0.990. The molecule has 1 N–H and O–H groups in total. The van der Waals surface area contributed by atoms with Crippen LogP contribution in [0.3, 0.4) is 0 Å². The fourth-order valence-corrected chi connectivity index (χ4v) is 2.21. The van der Waals surface area contributed by atoms with Gasteiger partial charge in [-0.1, -0.05) is 0 Å². The number of nitriles is 1. The van der Waals surface area contributed by atoms with Gasteiger partial charge in [0.05, 0.1) is 23.0 Å². The van der Waals surface area contributed by atoms with E-state index in [9.17, 15) is 14.9 Å². The third-order valence-corrected chi connectivity index (χ3v) is 3.35. The first kappa shape index (κ1) is 13.8. The highest BCUT2D eigenvalue weighted by molar-refractivity contribution is 5.68. The van der Waals surface area contributed by atoms with Crippen molar-refractivity contribution < 1.29 is 19.6 Å². The van der Waals surface area contributed by atoms with E-state index in [1.54, 1.807) is 0 Å². The zero-order chi connectivity index (χ0) is 14.8. The summed E-state index contributed by atoms with van der Waals surface area (Å²) in [6.45, 7) is 0. The predicted octanol–water partition coefficient (Wildman–Crippen LogP) is 2.24. The van der Waals surface area contributed by atoms with Crippen molar-refractivity contribution in [2.75, 3.05) is 0 Å². The SMILES string of the molecule is N#Cc1ccc(OC2(CC(=O)O)CCC2)c([N+](=O)[O-])c1. The van der Waals surface area contributed by atoms with Crippen LogP contribution in [-0.2, 0) is 4.79 Å². The number of benzene rings is 1. The minimum atomic E-state index is -0.999. The van der Waals surface area contributed by atoms with Crippen LogP contribution >= 0.6 is 0 Å². The Morgan fingerprint density at radius 2 is 2.25 bits per heavy atom. The van der Waals surface area contributed by atoms with Crippen molar-refractivity contribution in [1.29, 1.82) is 5.26 Å². The van der Waals surface area contributed by atoms with Gasteiger partial charge in [-0.3, -0.25) is 14.9 Å². The van der Waals surface area contributed by atoms with Gasteiger partial charge >= 0.3 is 11.7 Å². The average Bonchev–Trinajstić information content (AvgIpc) is 2.35. The number of nitro groups is 1. The lowest BCUT2D eigenvalue weighted by Gasteiger charge is -2.40. The molecule has 1 aromatic carbocycles. The van der Waals surface area contributed by atoms with E-state index in [4.69, 9.17) is 15.1 Å². The molecule has 1 aliphatic carbocycles. The molecule has 7 heteroatoms. The van der Waals surface area contributed by atoms with E-state index in [-0.39, 0.29) is 23.4 Å². The van der Waals surface area contributed by atoms with Crippen LogP contribution in [0.2, 0.25) is 0 Å². The van der Waals surface area contributed by atoms with Gasteiger partial charge in [-0.25, -0.2) is 0 Å². The topological polar surface area (TPSA) is 113 Å². The van der Waals surface area contributed by atoms with Crippen molar-refractivity contribution >= 4 is 11.7 Å². The molecule has 104 valence electrons. The molecule has 0 aromatic heterocycles. The molecule has 0 spiro atoms. The zero-order valence-electron chi connectivity index (χ0n) is 10.5. The largest absolute Gasteiger partial charge is 0.481 e. The molecule has 7 nitrogen and oxygen atoms in total. The number of carboxylic acids is 1. The Labute approximate surface area is 114 Å². The third-order valence-electron chi connectivity index (χ3n) is 3.35. The summed E-state index contributed by atoms with van der Waals surface area (Å²) in [7, 11) is 0. The minimum absolute atomic E-state index is 0.00921. The molecule has 1 aliphatic rings. The molecule has 0 unspecified atom stereocenters. The first-order valence-corrected chi connectivity index (χ1v) is 6.05. The zero-order valence-corrected chi connectivity index (χ0v) is 10.5. The first-order chi connectivity index (χ1) is 9.46. The fourth-order valence-electron chi connectivity index (χ4n) is 2.21. The van der Waals surface area contributed by atoms with Gasteiger partial charge in [0.2, 0.25) is 0 Å². The van der Waals surface area contributed by atoms with Crippen molar-refractivity contribution in [1.82, 2.24) is 0 Å². The van der Waals surface area contributed by atoms with Gasteiger partial charge in [-0.05, 0) is 31.4 Å². The van der Waals surface area contributed by atoms with Crippen LogP contribution in [0.25, 0.3) is 0 Å². The molecular weight excluding hydrogens is 264 g/mol. The molecule has 0 heterocycles. The summed E-state index contributed by atoms with van der Waals surface area (Å²) in [5.41, 5.74) is -1.03. The molecule has 0 atom stereocenters. The van der Waals surface area contributed by atoms with E-state index in [1.807, 2.05) is 6.07 Å². The molecule has 2 rings (SSSR count). The number of hydrogen-bond donors (Lipinski definition) is 1. The van der Waals surface area contributed by atoms with Gasteiger partial charge < -0.3 is 9.84 Å². The van der Waals surface area contributed by atoms with Crippen LogP contribution in [0.5, 0.6) is 5.75 Å². The van der Waals surface area contributed by atoms with Crippen LogP contribution in [0, 0.1) is 21.4 Å². The molecule has 0 aliphatic heterocycles. The Kier molecular flexibility index (Phi) is 3.57. The number of aliphatic carboxylic acids is 1. The van der Waals surface area contributed by atoms with Crippen LogP contribution in [0.15, 0.2) is 18.2 Å². The second-order valence-electron chi connectivity index (χ2n) is 4.76. The van der Waals surface area contributed by atoms with Gasteiger partial charge in [0.25, 0.3) is 0 Å². The Hall–Kier alpha value is -2.62. The molecule has 0 bridgehead atoms. The molecule has 0 radical (unpaired) electrons. The maximum Gasteiger partial charge on any atom is 0.312 e. The number of hydrogen-bond acceptors (Lipinski definition) is 5. The summed E-state index contributed by atoms with van der Waals surface area (Å²) >= 11 is 0. The van der Waals surface area contributed by atoms with Gasteiger partial charge in [-0.2, -0.15) is 5.26 Å². The predicted molar refractivity (Wildman–Crippen MR) is 67.3 cm³/mol. The van der Waals surface area contributed by atoms with Crippen molar-refractivity contribution in [2.24, 2.45) is 0 Å². The number of nitrogens with zero attached hydrogens (tertiary/aromatic N) is 2. The van der Waals surface area contributed by atoms with Crippen molar-refractivity contribution in [3.8, 4) is 11.8 Å². The van der Waals surface area contributed by atoms with Crippen LogP contribution in [0.4, 0.5) is 5.69 Å². The summed E-state index contributed by atoms with van der Waals surface area (Å²) < 4.78 is 5.61. The normalized spacial score (nSPS) is 15.8. The summed E-state index contributed by atoms with van der Waals surface area (Å²) in [6, 6.07) is 5.70. The summed E-state index contributed by atoms with van der Waals surface area (Å²) in [4.78, 5) is 21.2. The maximum absolute atomic E-state index is 11.0. The molecule has 1 fully saturated rings. The number of ether oxygens (including phenoxy) is 1. The van der Waals surface area contributed by atoms with Crippen LogP contribution in [-0.4, -0.2) is 21.6 Å². The Morgan fingerprint density at radius 3 is 2.70 bits per heavy atom. The van der Waals surface area contributed by atoms with Gasteiger partial charge in [0.1, 0.15) is 5.60 Å². The van der Waals surface area contributed by atoms with Gasteiger partial charge in [0, 0.05) is 6.07 Å². The number of rotatable bonds is 5. The smallest absolute Gasteiger partial charge is 0.312 e. The van der Waals surface area contributed by atoms with Crippen molar-refractivity contribution in [3.63, 3.8) is 0 Å². The molecule has 1 saturated carbocycles. The fraction of sp³-hybridized carbons (Fsp3) is 0.385. The Balaban J connectivity index is 2.31.